The summed E-state index contributed by atoms with van der Waals surface area (Å²) in [6.45, 7) is 6.99. The van der Waals surface area contributed by atoms with Gasteiger partial charge < -0.3 is 31.7 Å². The summed E-state index contributed by atoms with van der Waals surface area (Å²) < 4.78 is 0. The number of aromatic nitrogens is 1. The Hall–Kier alpha value is -5.35. The number of carbonyl (C=O) groups excluding carboxylic acids is 9. The number of nitrogens with one attached hydrogen (secondary N) is 3. The zero-order valence-electron chi connectivity index (χ0n) is 37.9. The highest BCUT2D eigenvalue weighted by Gasteiger charge is 2.46. The first-order valence-electron chi connectivity index (χ1n) is 23.1. The highest BCUT2D eigenvalue weighted by atomic mass is 16.4. The number of carboxylic acid groups (broad SMARTS) is 1. The van der Waals surface area contributed by atoms with Gasteiger partial charge in [0.2, 0.25) is 23.5 Å². The number of hydrogen-bond donors (Lipinski definition) is 5. The average Bonchev–Trinajstić information content (AvgIpc) is 3.67. The fraction of sp³-hybridized carbons (Fsp3) is 0.681. The number of likely N-dealkylation sites (tertiary alicyclic amines) is 1. The maximum atomic E-state index is 14.7. The second-order valence-electron chi connectivity index (χ2n) is 19.0. The Morgan fingerprint density at radius 3 is 2.11 bits per heavy atom. The average molecular weight is 893 g/mol. The maximum absolute atomic E-state index is 14.7. The Kier molecular flexibility index (Phi) is 19.3. The summed E-state index contributed by atoms with van der Waals surface area (Å²) in [7, 11) is 0. The van der Waals surface area contributed by atoms with Crippen LogP contribution in [0.15, 0.2) is 18.5 Å². The molecule has 3 aliphatic rings. The van der Waals surface area contributed by atoms with Gasteiger partial charge in [0.25, 0.3) is 11.8 Å². The molecule has 4 rings (SSSR count). The van der Waals surface area contributed by atoms with Crippen molar-refractivity contribution in [1.82, 2.24) is 25.8 Å². The lowest BCUT2D eigenvalue weighted by atomic mass is 9.75. The molecule has 1 aromatic heterocycles. The number of Topliss-reactive ketones (excluding diaryl/α,β-unsaturated/α-hetero) is 4. The Morgan fingerprint density at radius 2 is 1.52 bits per heavy atom. The molecule has 17 heteroatoms. The molecule has 1 aliphatic heterocycles. The van der Waals surface area contributed by atoms with Gasteiger partial charge in [0.05, 0.1) is 29.8 Å². The van der Waals surface area contributed by atoms with Gasteiger partial charge in [-0.3, -0.25) is 48.1 Å². The van der Waals surface area contributed by atoms with Gasteiger partial charge in [-0.25, -0.2) is 4.79 Å². The summed E-state index contributed by atoms with van der Waals surface area (Å²) in [4.78, 5) is 139. The van der Waals surface area contributed by atoms with Crippen molar-refractivity contribution in [3.63, 3.8) is 0 Å². The molecule has 2 aliphatic carbocycles. The van der Waals surface area contributed by atoms with E-state index in [-0.39, 0.29) is 49.0 Å². The van der Waals surface area contributed by atoms with Crippen molar-refractivity contribution in [3.8, 4) is 0 Å². The summed E-state index contributed by atoms with van der Waals surface area (Å²) in [6.07, 6.45) is 11.2. The number of unbranched alkanes of at least 4 members (excludes halogenated alkanes) is 2. The fourth-order valence-electron chi connectivity index (χ4n) is 9.41. The second-order valence-corrected chi connectivity index (χ2v) is 19.0. The molecule has 1 saturated heterocycles. The first-order chi connectivity index (χ1) is 30.3. The number of carboxylic acids is 1. The fourth-order valence-corrected chi connectivity index (χ4v) is 9.41. The van der Waals surface area contributed by atoms with Gasteiger partial charge in [0.1, 0.15) is 6.04 Å². The molecule has 0 radical (unpaired) electrons. The van der Waals surface area contributed by atoms with Crippen LogP contribution in [0.1, 0.15) is 164 Å². The molecule has 2 heterocycles. The normalized spacial score (nSPS) is 19.2. The number of ketones is 4. The third-order valence-corrected chi connectivity index (χ3v) is 13.2. The van der Waals surface area contributed by atoms with E-state index in [1.54, 1.807) is 20.8 Å². The van der Waals surface area contributed by atoms with Gasteiger partial charge in [-0.1, -0.05) is 79.1 Å². The number of primary amides is 1. The van der Waals surface area contributed by atoms with Crippen molar-refractivity contribution in [3.05, 3.63) is 29.6 Å². The number of amides is 5. The smallest absolute Gasteiger partial charge is 0.338 e. The third-order valence-electron chi connectivity index (χ3n) is 13.2. The lowest BCUT2D eigenvalue weighted by Gasteiger charge is -2.36. The van der Waals surface area contributed by atoms with Crippen molar-refractivity contribution in [2.45, 2.75) is 161 Å². The van der Waals surface area contributed by atoms with E-state index in [9.17, 15) is 53.1 Å². The summed E-state index contributed by atoms with van der Waals surface area (Å²) in [5, 5.41) is 17.7. The van der Waals surface area contributed by atoms with Gasteiger partial charge in [-0.2, -0.15) is 0 Å². The Morgan fingerprint density at radius 1 is 0.875 bits per heavy atom. The van der Waals surface area contributed by atoms with Crippen LogP contribution in [0.4, 0.5) is 0 Å². The molecule has 64 heavy (non-hydrogen) atoms. The molecule has 2 saturated carbocycles. The molecule has 6 N–H and O–H groups in total. The highest BCUT2D eigenvalue weighted by Crippen LogP contribution is 2.37. The molecular formula is C47H68N6O11. The summed E-state index contributed by atoms with van der Waals surface area (Å²) in [5.41, 5.74) is 4.11. The number of nitrogens with two attached hydrogens (primary N) is 1. The van der Waals surface area contributed by atoms with E-state index in [1.165, 1.54) is 11.1 Å². The SMILES string of the molecule is CCCCCNC(=O)C(=O)CC[C@H](NC(=O)c1ccncc1C(=O)O)C(=O)C[C@H](C(=O)N1CC(=O)C[C@H]1C(=O)C[C@H](C(=O)N[C@H](C(N)=O)C1CCCCC1)C1CCCCC1)C(C)(C)C. The van der Waals surface area contributed by atoms with E-state index in [1.807, 2.05) is 6.92 Å². The number of rotatable bonds is 23. The van der Waals surface area contributed by atoms with Crippen LogP contribution >= 0.6 is 0 Å². The number of aromatic carboxylic acids is 1. The van der Waals surface area contributed by atoms with Gasteiger partial charge in [-0.05, 0) is 61.8 Å². The van der Waals surface area contributed by atoms with Crippen LogP contribution in [0.3, 0.4) is 0 Å². The lowest BCUT2D eigenvalue weighted by molar-refractivity contribution is -0.147. The first kappa shape index (κ1) is 51.3. The minimum atomic E-state index is -1.46. The van der Waals surface area contributed by atoms with Crippen molar-refractivity contribution < 1.29 is 53.1 Å². The van der Waals surface area contributed by atoms with E-state index >= 15 is 0 Å². The molecule has 0 bridgehead atoms. The van der Waals surface area contributed by atoms with Crippen molar-refractivity contribution in [2.75, 3.05) is 13.1 Å². The van der Waals surface area contributed by atoms with Crippen molar-refractivity contribution >= 4 is 58.6 Å². The first-order valence-corrected chi connectivity index (χ1v) is 23.1. The van der Waals surface area contributed by atoms with Crippen LogP contribution in [0.25, 0.3) is 0 Å². The quantitative estimate of drug-likeness (QED) is 0.0770. The minimum absolute atomic E-state index is 0.110. The Labute approximate surface area is 375 Å². The predicted octanol–water partition coefficient (Wildman–Crippen LogP) is 4.03. The van der Waals surface area contributed by atoms with E-state index < -0.39 is 113 Å². The summed E-state index contributed by atoms with van der Waals surface area (Å²) >= 11 is 0. The second kappa shape index (κ2) is 24.1. The van der Waals surface area contributed by atoms with Gasteiger partial charge in [0.15, 0.2) is 17.3 Å². The topological polar surface area (TPSA) is 269 Å². The zero-order chi connectivity index (χ0) is 47.1. The number of nitrogens with zero attached hydrogens (tertiary/aromatic N) is 2. The largest absolute Gasteiger partial charge is 0.478 e. The molecule has 1 aromatic rings. The molecule has 0 aromatic carbocycles. The van der Waals surface area contributed by atoms with Crippen LogP contribution < -0.4 is 21.7 Å². The van der Waals surface area contributed by atoms with Crippen LogP contribution in [-0.2, 0) is 38.4 Å². The third kappa shape index (κ3) is 14.3. The van der Waals surface area contributed by atoms with E-state index in [0.717, 1.165) is 76.5 Å². The molecule has 5 atom stereocenters. The van der Waals surface area contributed by atoms with E-state index in [4.69, 9.17) is 5.73 Å². The van der Waals surface area contributed by atoms with Gasteiger partial charge in [0, 0.05) is 56.5 Å². The molecule has 0 spiro atoms. The predicted molar refractivity (Wildman–Crippen MR) is 234 cm³/mol. The minimum Gasteiger partial charge on any atom is -0.478 e. The summed E-state index contributed by atoms with van der Waals surface area (Å²) in [5.74, 6) is -9.64. The van der Waals surface area contributed by atoms with Crippen LogP contribution in [-0.4, -0.2) is 105 Å². The summed E-state index contributed by atoms with van der Waals surface area (Å²) in [6, 6.07) is -2.39. The van der Waals surface area contributed by atoms with Crippen LogP contribution in [0, 0.1) is 29.1 Å². The molecule has 5 amide bonds. The molecular weight excluding hydrogens is 825 g/mol. The van der Waals surface area contributed by atoms with Crippen molar-refractivity contribution in [1.29, 1.82) is 0 Å². The zero-order valence-corrected chi connectivity index (χ0v) is 37.9. The lowest BCUT2D eigenvalue weighted by Crippen LogP contribution is -2.53. The number of hydrogen-bond acceptors (Lipinski definition) is 11. The van der Waals surface area contributed by atoms with E-state index in [2.05, 4.69) is 20.9 Å². The van der Waals surface area contributed by atoms with E-state index in [0.29, 0.717) is 19.3 Å². The van der Waals surface area contributed by atoms with Crippen LogP contribution in [0.2, 0.25) is 0 Å². The maximum Gasteiger partial charge on any atom is 0.338 e. The molecule has 0 unspecified atom stereocenters. The number of pyridine rings is 1. The monoisotopic (exact) mass is 892 g/mol. The Bertz CT molecular complexity index is 1900. The Balaban J connectivity index is 1.57. The van der Waals surface area contributed by atoms with Crippen molar-refractivity contribution in [2.24, 2.45) is 34.8 Å². The number of carbonyl (C=O) groups is 10. The molecule has 17 nitrogen and oxygen atoms in total. The van der Waals surface area contributed by atoms with Gasteiger partial charge in [-0.15, -0.1) is 0 Å². The molecule has 3 fully saturated rings. The standard InChI is InChI=1S/C47H68N6O11/c1-5-6-13-21-50-44(61)37(55)19-18-35(51-42(59)31-20-22-49-26-33(31)46(63)64)38(56)25-34(47(2,3)4)45(62)53-27-30(54)23-36(53)39(57)24-32(28-14-9-7-10-15-28)43(60)52-40(41(48)58)29-16-11-8-12-17-29/h20,22,26,28-29,32,34-36,40H,5-19,21,23-25,27H2,1-4H3,(H2,48,58)(H,50,61)(H,51,59)(H,52,60)(H,63,64)/t32-,34+,35-,36-,40-/m0/s1. The van der Waals surface area contributed by atoms with Gasteiger partial charge >= 0.3 is 5.97 Å². The van der Waals surface area contributed by atoms with Crippen LogP contribution in [0.5, 0.6) is 0 Å². The molecule has 352 valence electrons. The highest BCUT2D eigenvalue weighted by molar-refractivity contribution is 6.36.